The summed E-state index contributed by atoms with van der Waals surface area (Å²) in [4.78, 5) is 22.8. The van der Waals surface area contributed by atoms with Gasteiger partial charge in [0.1, 0.15) is 0 Å². The predicted molar refractivity (Wildman–Crippen MR) is 81.3 cm³/mol. The summed E-state index contributed by atoms with van der Waals surface area (Å²) in [5.74, 6) is -0.247. The van der Waals surface area contributed by atoms with Crippen molar-refractivity contribution >= 4 is 11.9 Å². The molecule has 2 rings (SSSR count). The first-order chi connectivity index (χ1) is 10.1. The summed E-state index contributed by atoms with van der Waals surface area (Å²) in [7, 11) is 0. The van der Waals surface area contributed by atoms with E-state index in [1.54, 1.807) is 18.2 Å². The second-order valence-electron chi connectivity index (χ2n) is 5.81. The Kier molecular flexibility index (Phi) is 5.78. The van der Waals surface area contributed by atoms with Gasteiger partial charge in [-0.3, -0.25) is 4.79 Å². The molecular formula is C17H23NO3. The fourth-order valence-electron chi connectivity index (χ4n) is 2.93. The molecular weight excluding hydrogens is 266 g/mol. The Labute approximate surface area is 125 Å². The van der Waals surface area contributed by atoms with E-state index in [0.29, 0.717) is 30.9 Å². The summed E-state index contributed by atoms with van der Waals surface area (Å²) in [6.45, 7) is 0.564. The number of carbonyl (C=O) groups is 2. The van der Waals surface area contributed by atoms with Gasteiger partial charge in [0.2, 0.25) is 5.91 Å². The van der Waals surface area contributed by atoms with Gasteiger partial charge in [-0.15, -0.1) is 0 Å². The topological polar surface area (TPSA) is 66.4 Å². The normalized spacial score (nSPS) is 15.6. The molecule has 4 nitrogen and oxygen atoms in total. The number of nitrogens with one attached hydrogen (secondary N) is 1. The van der Waals surface area contributed by atoms with Crippen molar-refractivity contribution in [1.82, 2.24) is 5.32 Å². The third-order valence-corrected chi connectivity index (χ3v) is 4.11. The van der Waals surface area contributed by atoms with Crippen molar-refractivity contribution in [3.63, 3.8) is 0 Å². The van der Waals surface area contributed by atoms with E-state index in [0.717, 1.165) is 5.56 Å². The molecule has 1 saturated carbocycles. The number of carbonyl (C=O) groups excluding carboxylic acids is 1. The molecule has 1 amide bonds. The Morgan fingerprint density at radius 1 is 1.19 bits per heavy atom. The lowest BCUT2D eigenvalue weighted by molar-refractivity contribution is -0.122. The molecule has 0 aliphatic heterocycles. The SMILES string of the molecule is O=C(CC1CCCCC1)NCCc1cccc(C(=O)O)c1. The average molecular weight is 289 g/mol. The predicted octanol–water partition coefficient (Wildman–Crippen LogP) is 3.01. The van der Waals surface area contributed by atoms with Crippen LogP contribution in [0.5, 0.6) is 0 Å². The van der Waals surface area contributed by atoms with Gasteiger partial charge >= 0.3 is 5.97 Å². The van der Waals surface area contributed by atoms with E-state index < -0.39 is 5.97 Å². The van der Waals surface area contributed by atoms with Gasteiger partial charge in [-0.05, 0) is 42.9 Å². The van der Waals surface area contributed by atoms with E-state index >= 15 is 0 Å². The Balaban J connectivity index is 1.72. The van der Waals surface area contributed by atoms with Crippen molar-refractivity contribution in [2.24, 2.45) is 5.92 Å². The highest BCUT2D eigenvalue weighted by atomic mass is 16.4. The molecule has 4 heteroatoms. The van der Waals surface area contributed by atoms with Crippen molar-refractivity contribution in [2.45, 2.75) is 44.9 Å². The first kappa shape index (κ1) is 15.5. The second-order valence-corrected chi connectivity index (χ2v) is 5.81. The molecule has 0 atom stereocenters. The fraction of sp³-hybridized carbons (Fsp3) is 0.529. The lowest BCUT2D eigenvalue weighted by Gasteiger charge is -2.20. The van der Waals surface area contributed by atoms with Crippen LogP contribution in [-0.2, 0) is 11.2 Å². The maximum atomic E-state index is 11.9. The lowest BCUT2D eigenvalue weighted by Crippen LogP contribution is -2.28. The van der Waals surface area contributed by atoms with Gasteiger partial charge in [-0.25, -0.2) is 4.79 Å². The summed E-state index contributed by atoms with van der Waals surface area (Å²) in [6, 6.07) is 6.87. The molecule has 1 aliphatic rings. The summed E-state index contributed by atoms with van der Waals surface area (Å²) in [5.41, 5.74) is 1.23. The van der Waals surface area contributed by atoms with E-state index in [9.17, 15) is 9.59 Å². The van der Waals surface area contributed by atoms with Crippen LogP contribution in [0.3, 0.4) is 0 Å². The van der Waals surface area contributed by atoms with Crippen LogP contribution in [0, 0.1) is 5.92 Å². The van der Waals surface area contributed by atoms with E-state index in [4.69, 9.17) is 5.11 Å². The number of benzene rings is 1. The highest BCUT2D eigenvalue weighted by Crippen LogP contribution is 2.25. The Hall–Kier alpha value is -1.84. The molecule has 0 bridgehead atoms. The number of carboxylic acid groups (broad SMARTS) is 1. The van der Waals surface area contributed by atoms with E-state index in [-0.39, 0.29) is 5.91 Å². The summed E-state index contributed by atoms with van der Waals surface area (Å²) >= 11 is 0. The van der Waals surface area contributed by atoms with Crippen molar-refractivity contribution < 1.29 is 14.7 Å². The Bertz CT molecular complexity index is 493. The minimum atomic E-state index is -0.918. The summed E-state index contributed by atoms with van der Waals surface area (Å²) in [6.07, 6.45) is 7.45. The Morgan fingerprint density at radius 3 is 2.67 bits per heavy atom. The van der Waals surface area contributed by atoms with Gasteiger partial charge < -0.3 is 10.4 Å². The molecule has 0 spiro atoms. The first-order valence-corrected chi connectivity index (χ1v) is 7.74. The largest absolute Gasteiger partial charge is 0.478 e. The highest BCUT2D eigenvalue weighted by molar-refractivity contribution is 5.87. The van der Waals surface area contributed by atoms with Gasteiger partial charge in [0.15, 0.2) is 0 Å². The minimum absolute atomic E-state index is 0.122. The number of aromatic carboxylic acids is 1. The highest BCUT2D eigenvalue weighted by Gasteiger charge is 2.16. The van der Waals surface area contributed by atoms with Gasteiger partial charge in [0, 0.05) is 13.0 Å². The number of amides is 1. The van der Waals surface area contributed by atoms with Crippen molar-refractivity contribution in [3.05, 3.63) is 35.4 Å². The maximum Gasteiger partial charge on any atom is 0.335 e. The van der Waals surface area contributed by atoms with E-state index in [1.165, 1.54) is 32.1 Å². The summed E-state index contributed by atoms with van der Waals surface area (Å²) in [5, 5.41) is 11.9. The third-order valence-electron chi connectivity index (χ3n) is 4.11. The van der Waals surface area contributed by atoms with Crippen LogP contribution in [0.4, 0.5) is 0 Å². The van der Waals surface area contributed by atoms with Crippen LogP contribution < -0.4 is 5.32 Å². The molecule has 0 unspecified atom stereocenters. The molecule has 1 aliphatic carbocycles. The first-order valence-electron chi connectivity index (χ1n) is 7.74. The number of carboxylic acids is 1. The fourth-order valence-corrected chi connectivity index (χ4v) is 2.93. The summed E-state index contributed by atoms with van der Waals surface area (Å²) < 4.78 is 0. The molecule has 1 aromatic rings. The van der Waals surface area contributed by atoms with Crippen molar-refractivity contribution in [3.8, 4) is 0 Å². The van der Waals surface area contributed by atoms with Gasteiger partial charge in [0.25, 0.3) is 0 Å². The van der Waals surface area contributed by atoms with Gasteiger partial charge in [0.05, 0.1) is 5.56 Å². The van der Waals surface area contributed by atoms with Crippen LogP contribution in [0.15, 0.2) is 24.3 Å². The zero-order valence-corrected chi connectivity index (χ0v) is 12.3. The standard InChI is InChI=1S/C17H23NO3/c19-16(12-13-5-2-1-3-6-13)18-10-9-14-7-4-8-15(11-14)17(20)21/h4,7-8,11,13H,1-3,5-6,9-10,12H2,(H,18,19)(H,20,21). The van der Waals surface area contributed by atoms with Crippen LogP contribution in [-0.4, -0.2) is 23.5 Å². The monoisotopic (exact) mass is 289 g/mol. The lowest BCUT2D eigenvalue weighted by atomic mass is 9.87. The molecule has 114 valence electrons. The van der Waals surface area contributed by atoms with Crippen LogP contribution in [0.2, 0.25) is 0 Å². The third kappa shape index (κ3) is 5.21. The quantitative estimate of drug-likeness (QED) is 0.846. The number of hydrogen-bond acceptors (Lipinski definition) is 2. The number of rotatable bonds is 6. The Morgan fingerprint density at radius 2 is 1.95 bits per heavy atom. The molecule has 0 saturated heterocycles. The molecule has 1 aromatic carbocycles. The van der Waals surface area contributed by atoms with Crippen molar-refractivity contribution in [1.29, 1.82) is 0 Å². The van der Waals surface area contributed by atoms with Crippen LogP contribution >= 0.6 is 0 Å². The van der Waals surface area contributed by atoms with Gasteiger partial charge in [-0.1, -0.05) is 31.4 Å². The molecule has 0 aromatic heterocycles. The minimum Gasteiger partial charge on any atom is -0.478 e. The molecule has 1 fully saturated rings. The maximum absolute atomic E-state index is 11.9. The van der Waals surface area contributed by atoms with E-state index in [1.807, 2.05) is 6.07 Å². The molecule has 2 N–H and O–H groups in total. The molecule has 0 radical (unpaired) electrons. The number of hydrogen-bond donors (Lipinski definition) is 2. The van der Waals surface area contributed by atoms with E-state index in [2.05, 4.69) is 5.32 Å². The zero-order chi connectivity index (χ0) is 15.1. The van der Waals surface area contributed by atoms with Crippen LogP contribution in [0.1, 0.15) is 54.4 Å². The average Bonchev–Trinajstić information content (AvgIpc) is 2.48. The smallest absolute Gasteiger partial charge is 0.335 e. The zero-order valence-electron chi connectivity index (χ0n) is 12.3. The van der Waals surface area contributed by atoms with Crippen LogP contribution in [0.25, 0.3) is 0 Å². The molecule has 21 heavy (non-hydrogen) atoms. The molecule has 0 heterocycles. The second kappa shape index (κ2) is 7.81. The van der Waals surface area contributed by atoms with Gasteiger partial charge in [-0.2, -0.15) is 0 Å². The van der Waals surface area contributed by atoms with Crippen molar-refractivity contribution in [2.75, 3.05) is 6.54 Å².